The van der Waals surface area contributed by atoms with Crippen molar-refractivity contribution in [2.45, 2.75) is 25.1 Å². The van der Waals surface area contributed by atoms with Gasteiger partial charge < -0.3 is 0 Å². The van der Waals surface area contributed by atoms with Gasteiger partial charge in [0.05, 0.1) is 6.42 Å². The second kappa shape index (κ2) is 5.65. The van der Waals surface area contributed by atoms with Crippen LogP contribution in [-0.4, -0.2) is 12.2 Å². The number of nitrogens with two attached hydrogens (primary N) is 1. The number of hydrogen-bond donors (Lipinski definition) is 2. The average Bonchev–Trinajstić information content (AvgIpc) is 2.18. The highest BCUT2D eigenvalue weighted by Gasteiger charge is 2.31. The van der Waals surface area contributed by atoms with Gasteiger partial charge in [-0.15, -0.1) is 0 Å². The molecule has 0 aliphatic carbocycles. The van der Waals surface area contributed by atoms with Crippen LogP contribution in [0.1, 0.15) is 12.0 Å². The second-order valence-corrected chi connectivity index (χ2v) is 4.33. The molecule has 1 atom stereocenters. The summed E-state index contributed by atoms with van der Waals surface area (Å²) in [6, 6.07) is 6.34. The molecular weight excluding hydrogens is 285 g/mol. The number of halogens is 4. The molecule has 1 aromatic rings. The van der Waals surface area contributed by atoms with E-state index < -0.39 is 18.6 Å². The summed E-state index contributed by atoms with van der Waals surface area (Å²) in [5.41, 5.74) is 2.99. The van der Waals surface area contributed by atoms with E-state index in [1.54, 1.807) is 18.2 Å². The molecule has 0 aliphatic heterocycles. The predicted molar refractivity (Wildman–Crippen MR) is 59.6 cm³/mol. The van der Waals surface area contributed by atoms with Crippen molar-refractivity contribution < 1.29 is 13.2 Å². The zero-order chi connectivity index (χ0) is 12.2. The summed E-state index contributed by atoms with van der Waals surface area (Å²) in [6.07, 6.45) is -4.92. The number of hydrogen-bond acceptors (Lipinski definition) is 2. The molecule has 0 bridgehead atoms. The van der Waals surface area contributed by atoms with Gasteiger partial charge in [-0.3, -0.25) is 11.3 Å². The van der Waals surface area contributed by atoms with Gasteiger partial charge in [-0.05, 0) is 18.1 Å². The first kappa shape index (κ1) is 13.5. The number of hydrazine groups is 1. The summed E-state index contributed by atoms with van der Waals surface area (Å²) in [5.74, 6) is 5.11. The SMILES string of the molecule is NNC(Cc1ccccc1Br)CC(F)(F)F. The average molecular weight is 297 g/mol. The fraction of sp³-hybridized carbons (Fsp3) is 0.400. The molecule has 6 heteroatoms. The van der Waals surface area contributed by atoms with Gasteiger partial charge in [-0.2, -0.15) is 13.2 Å². The van der Waals surface area contributed by atoms with Gasteiger partial charge in [-0.25, -0.2) is 0 Å². The Balaban J connectivity index is 2.67. The standard InChI is InChI=1S/C10H12BrF3N2/c11-9-4-2-1-3-7(9)5-8(16-15)6-10(12,13)14/h1-4,8,16H,5-6,15H2. The topological polar surface area (TPSA) is 38.0 Å². The monoisotopic (exact) mass is 296 g/mol. The van der Waals surface area contributed by atoms with Crippen LogP contribution in [0.4, 0.5) is 13.2 Å². The van der Waals surface area contributed by atoms with Gasteiger partial charge in [0.1, 0.15) is 0 Å². The summed E-state index contributed by atoms with van der Waals surface area (Å²) in [6.45, 7) is 0. The fourth-order valence-electron chi connectivity index (χ4n) is 1.40. The van der Waals surface area contributed by atoms with Crippen LogP contribution in [0.3, 0.4) is 0 Å². The predicted octanol–water partition coefficient (Wildman–Crippen LogP) is 2.78. The highest BCUT2D eigenvalue weighted by molar-refractivity contribution is 9.10. The lowest BCUT2D eigenvalue weighted by atomic mass is 10.0. The third kappa shape index (κ3) is 4.51. The minimum absolute atomic E-state index is 0.234. The zero-order valence-electron chi connectivity index (χ0n) is 8.39. The van der Waals surface area contributed by atoms with Gasteiger partial charge >= 0.3 is 6.18 Å². The smallest absolute Gasteiger partial charge is 0.271 e. The lowest BCUT2D eigenvalue weighted by molar-refractivity contribution is -0.140. The summed E-state index contributed by atoms with van der Waals surface area (Å²) >= 11 is 3.28. The highest BCUT2D eigenvalue weighted by Crippen LogP contribution is 2.24. The van der Waals surface area contributed by atoms with Crippen molar-refractivity contribution in [1.82, 2.24) is 5.43 Å². The van der Waals surface area contributed by atoms with Crippen LogP contribution in [0.5, 0.6) is 0 Å². The maximum absolute atomic E-state index is 12.2. The first-order valence-corrected chi connectivity index (χ1v) is 5.48. The molecule has 1 rings (SSSR count). The van der Waals surface area contributed by atoms with E-state index in [0.717, 1.165) is 10.0 Å². The largest absolute Gasteiger partial charge is 0.390 e. The first-order valence-electron chi connectivity index (χ1n) is 4.68. The van der Waals surface area contributed by atoms with E-state index in [-0.39, 0.29) is 6.42 Å². The minimum atomic E-state index is -4.21. The van der Waals surface area contributed by atoms with Crippen molar-refractivity contribution in [1.29, 1.82) is 0 Å². The number of benzene rings is 1. The van der Waals surface area contributed by atoms with E-state index in [4.69, 9.17) is 5.84 Å². The second-order valence-electron chi connectivity index (χ2n) is 3.48. The Hall–Kier alpha value is -0.590. The van der Waals surface area contributed by atoms with Gasteiger partial charge in [-0.1, -0.05) is 34.1 Å². The highest BCUT2D eigenvalue weighted by atomic mass is 79.9. The molecule has 90 valence electrons. The van der Waals surface area contributed by atoms with E-state index >= 15 is 0 Å². The Morgan fingerprint density at radius 2 is 1.94 bits per heavy atom. The van der Waals surface area contributed by atoms with Crippen molar-refractivity contribution >= 4 is 15.9 Å². The van der Waals surface area contributed by atoms with Crippen LogP contribution < -0.4 is 11.3 Å². The third-order valence-corrected chi connectivity index (χ3v) is 2.91. The van der Waals surface area contributed by atoms with Gasteiger partial charge in [0.2, 0.25) is 0 Å². The van der Waals surface area contributed by atoms with Crippen molar-refractivity contribution in [3.8, 4) is 0 Å². The molecule has 2 nitrogen and oxygen atoms in total. The Bertz CT molecular complexity index is 341. The Labute approximate surface area is 100 Å². The Kier molecular flexibility index (Phi) is 4.76. The van der Waals surface area contributed by atoms with Gasteiger partial charge in [0, 0.05) is 10.5 Å². The molecule has 0 fully saturated rings. The van der Waals surface area contributed by atoms with Crippen molar-refractivity contribution in [2.24, 2.45) is 5.84 Å². The lowest BCUT2D eigenvalue weighted by Gasteiger charge is -2.18. The molecule has 16 heavy (non-hydrogen) atoms. The summed E-state index contributed by atoms with van der Waals surface area (Å²) in [7, 11) is 0. The molecule has 0 saturated heterocycles. The third-order valence-electron chi connectivity index (χ3n) is 2.14. The molecule has 1 unspecified atom stereocenters. The molecular formula is C10H12BrF3N2. The molecule has 0 spiro atoms. The molecule has 0 amide bonds. The molecule has 0 saturated carbocycles. The summed E-state index contributed by atoms with van der Waals surface area (Å²) < 4.78 is 37.4. The molecule has 3 N–H and O–H groups in total. The Morgan fingerprint density at radius 1 is 1.31 bits per heavy atom. The van der Waals surface area contributed by atoms with Crippen LogP contribution in [0.25, 0.3) is 0 Å². The lowest BCUT2D eigenvalue weighted by Crippen LogP contribution is -2.40. The van der Waals surface area contributed by atoms with Crippen LogP contribution in [-0.2, 0) is 6.42 Å². The van der Waals surface area contributed by atoms with Crippen molar-refractivity contribution in [3.63, 3.8) is 0 Å². The number of alkyl halides is 3. The zero-order valence-corrected chi connectivity index (χ0v) is 9.98. The number of nitrogens with one attached hydrogen (secondary N) is 1. The maximum atomic E-state index is 12.2. The van der Waals surface area contributed by atoms with E-state index in [1.807, 2.05) is 6.07 Å². The molecule has 1 aromatic carbocycles. The van der Waals surface area contributed by atoms with E-state index in [0.29, 0.717) is 0 Å². The molecule has 0 radical (unpaired) electrons. The van der Waals surface area contributed by atoms with Crippen LogP contribution in [0.2, 0.25) is 0 Å². The minimum Gasteiger partial charge on any atom is -0.271 e. The molecule has 0 aromatic heterocycles. The molecule has 0 heterocycles. The Morgan fingerprint density at radius 3 is 2.44 bits per heavy atom. The maximum Gasteiger partial charge on any atom is 0.390 e. The van der Waals surface area contributed by atoms with Gasteiger partial charge in [0.25, 0.3) is 0 Å². The van der Waals surface area contributed by atoms with Gasteiger partial charge in [0.15, 0.2) is 0 Å². The summed E-state index contributed by atoms with van der Waals surface area (Å²) in [4.78, 5) is 0. The van der Waals surface area contributed by atoms with Crippen molar-refractivity contribution in [2.75, 3.05) is 0 Å². The summed E-state index contributed by atoms with van der Waals surface area (Å²) in [5, 5.41) is 0. The first-order chi connectivity index (χ1) is 7.42. The number of rotatable bonds is 4. The fourth-order valence-corrected chi connectivity index (χ4v) is 1.85. The van der Waals surface area contributed by atoms with E-state index in [2.05, 4.69) is 21.4 Å². The van der Waals surface area contributed by atoms with Crippen LogP contribution in [0, 0.1) is 0 Å². The van der Waals surface area contributed by atoms with E-state index in [1.165, 1.54) is 0 Å². The van der Waals surface area contributed by atoms with Crippen LogP contribution >= 0.6 is 15.9 Å². The van der Waals surface area contributed by atoms with E-state index in [9.17, 15) is 13.2 Å². The van der Waals surface area contributed by atoms with Crippen LogP contribution in [0.15, 0.2) is 28.7 Å². The quantitative estimate of drug-likeness (QED) is 0.662. The normalized spacial score (nSPS) is 13.8. The van der Waals surface area contributed by atoms with Crippen molar-refractivity contribution in [3.05, 3.63) is 34.3 Å². The molecule has 0 aliphatic rings.